The molecule has 0 spiro atoms. The summed E-state index contributed by atoms with van der Waals surface area (Å²) in [5, 5.41) is 3.36. The first-order valence-corrected chi connectivity index (χ1v) is 9.41. The van der Waals surface area contributed by atoms with Gasteiger partial charge in [-0.05, 0) is 36.4 Å². The lowest BCUT2D eigenvalue weighted by molar-refractivity contribution is 0.102. The Bertz CT molecular complexity index is 1120. The molecule has 1 amide bonds. The second-order valence-electron chi connectivity index (χ2n) is 6.09. The molecule has 0 unspecified atom stereocenters. The molecule has 1 aliphatic heterocycles. The Morgan fingerprint density at radius 3 is 2.46 bits per heavy atom. The first kappa shape index (κ1) is 16.6. The average molecular weight is 390 g/mol. The molecule has 28 heavy (non-hydrogen) atoms. The molecule has 3 aromatic carbocycles. The van der Waals surface area contributed by atoms with Crippen molar-refractivity contribution in [1.82, 2.24) is 4.98 Å². The summed E-state index contributed by atoms with van der Waals surface area (Å²) in [6.07, 6.45) is 0. The number of ether oxygens (including phenoxy) is 3. The Kier molecular flexibility index (Phi) is 4.06. The summed E-state index contributed by atoms with van der Waals surface area (Å²) in [6.45, 7) is 0.222. The lowest BCUT2D eigenvalue weighted by atomic mass is 10.2. The topological polar surface area (TPSA) is 69.7 Å². The Labute approximate surface area is 164 Å². The Hall–Kier alpha value is -3.58. The maximum absolute atomic E-state index is 12.5. The van der Waals surface area contributed by atoms with E-state index in [-0.39, 0.29) is 12.7 Å². The van der Waals surface area contributed by atoms with Crippen molar-refractivity contribution >= 4 is 32.6 Å². The number of nitrogens with zero attached hydrogens (tertiary/aromatic N) is 1. The van der Waals surface area contributed by atoms with Crippen molar-refractivity contribution in [1.29, 1.82) is 0 Å². The highest BCUT2D eigenvalue weighted by Crippen LogP contribution is 2.39. The quantitative estimate of drug-likeness (QED) is 0.527. The van der Waals surface area contributed by atoms with E-state index in [0.717, 1.165) is 16.0 Å². The van der Waals surface area contributed by atoms with Crippen molar-refractivity contribution in [2.45, 2.75) is 0 Å². The van der Waals surface area contributed by atoms with Crippen LogP contribution in [0.25, 0.3) is 10.2 Å². The Morgan fingerprint density at radius 1 is 0.964 bits per heavy atom. The third kappa shape index (κ3) is 3.23. The third-order valence-corrected chi connectivity index (χ3v) is 5.13. The maximum Gasteiger partial charge on any atom is 0.257 e. The van der Waals surface area contributed by atoms with E-state index in [0.29, 0.717) is 27.9 Å². The van der Waals surface area contributed by atoms with Gasteiger partial charge in [0, 0.05) is 17.7 Å². The number of nitrogens with one attached hydrogen (secondary N) is 1. The number of thiazole rings is 1. The van der Waals surface area contributed by atoms with Crippen LogP contribution in [0.2, 0.25) is 0 Å². The number of para-hydroxylation sites is 1. The SMILES string of the molecule is O=C(Nc1nc2cc3c(cc2s1)OCO3)c1ccc(Oc2ccccc2)cc1. The largest absolute Gasteiger partial charge is 0.457 e. The molecule has 6 nitrogen and oxygen atoms in total. The molecule has 0 saturated carbocycles. The van der Waals surface area contributed by atoms with Crippen LogP contribution in [0.5, 0.6) is 23.0 Å². The van der Waals surface area contributed by atoms with Gasteiger partial charge in [-0.1, -0.05) is 29.5 Å². The molecule has 1 aromatic heterocycles. The van der Waals surface area contributed by atoms with Crippen molar-refractivity contribution in [3.8, 4) is 23.0 Å². The molecule has 0 radical (unpaired) electrons. The summed E-state index contributed by atoms with van der Waals surface area (Å²) < 4.78 is 17.4. The number of benzene rings is 3. The lowest BCUT2D eigenvalue weighted by Gasteiger charge is -2.06. The summed E-state index contributed by atoms with van der Waals surface area (Å²) in [5.41, 5.74) is 1.28. The van der Waals surface area contributed by atoms with Crippen molar-refractivity contribution < 1.29 is 19.0 Å². The molecule has 0 aliphatic carbocycles. The second-order valence-corrected chi connectivity index (χ2v) is 7.12. The summed E-state index contributed by atoms with van der Waals surface area (Å²) in [5.74, 6) is 2.55. The second kappa shape index (κ2) is 6.86. The lowest BCUT2D eigenvalue weighted by Crippen LogP contribution is -2.11. The van der Waals surface area contributed by atoms with Gasteiger partial charge in [-0.25, -0.2) is 4.98 Å². The molecule has 1 N–H and O–H groups in total. The number of hydrogen-bond acceptors (Lipinski definition) is 6. The maximum atomic E-state index is 12.5. The third-order valence-electron chi connectivity index (χ3n) is 4.20. The fourth-order valence-electron chi connectivity index (χ4n) is 2.84. The highest BCUT2D eigenvalue weighted by molar-refractivity contribution is 7.22. The van der Waals surface area contributed by atoms with Gasteiger partial charge in [0.2, 0.25) is 6.79 Å². The molecule has 138 valence electrons. The minimum absolute atomic E-state index is 0.222. The van der Waals surface area contributed by atoms with Gasteiger partial charge in [0.15, 0.2) is 16.6 Å². The molecular formula is C21H14N2O4S. The zero-order valence-electron chi connectivity index (χ0n) is 14.5. The molecule has 0 fully saturated rings. The van der Waals surface area contributed by atoms with Crippen LogP contribution in [-0.2, 0) is 0 Å². The van der Waals surface area contributed by atoms with E-state index in [1.54, 1.807) is 24.3 Å². The summed E-state index contributed by atoms with van der Waals surface area (Å²) in [7, 11) is 0. The van der Waals surface area contributed by atoms with E-state index in [9.17, 15) is 4.79 Å². The van der Waals surface area contributed by atoms with Crippen molar-refractivity contribution in [2.75, 3.05) is 12.1 Å². The number of rotatable bonds is 4. The molecule has 2 heterocycles. The minimum atomic E-state index is -0.231. The number of carbonyl (C=O) groups excluding carboxylic acids is 1. The van der Waals surface area contributed by atoms with Crippen LogP contribution < -0.4 is 19.5 Å². The first-order chi connectivity index (χ1) is 13.7. The molecule has 7 heteroatoms. The predicted molar refractivity (Wildman–Crippen MR) is 107 cm³/mol. The van der Waals surface area contributed by atoms with E-state index < -0.39 is 0 Å². The van der Waals surface area contributed by atoms with Gasteiger partial charge < -0.3 is 14.2 Å². The highest BCUT2D eigenvalue weighted by Gasteiger charge is 2.17. The number of hydrogen-bond donors (Lipinski definition) is 1. The van der Waals surface area contributed by atoms with Gasteiger partial charge in [0.05, 0.1) is 10.2 Å². The molecule has 4 aromatic rings. The molecule has 1 aliphatic rings. The molecule has 5 rings (SSSR count). The van der Waals surface area contributed by atoms with Crippen molar-refractivity contribution in [3.63, 3.8) is 0 Å². The van der Waals surface area contributed by atoms with Gasteiger partial charge in [-0.2, -0.15) is 0 Å². The number of carbonyl (C=O) groups is 1. The standard InChI is InChI=1S/C21H14N2O4S/c24-20(13-6-8-15(9-7-13)27-14-4-2-1-3-5-14)23-21-22-16-10-17-18(26-12-25-17)11-19(16)28-21/h1-11H,12H2,(H,22,23,24). The van der Waals surface area contributed by atoms with E-state index in [1.165, 1.54) is 11.3 Å². The van der Waals surface area contributed by atoms with Crippen LogP contribution in [0.15, 0.2) is 66.7 Å². The smallest absolute Gasteiger partial charge is 0.257 e. The van der Waals surface area contributed by atoms with Gasteiger partial charge in [0.25, 0.3) is 5.91 Å². The number of fused-ring (bicyclic) bond motifs is 2. The molecule has 0 bridgehead atoms. The van der Waals surface area contributed by atoms with Gasteiger partial charge in [0.1, 0.15) is 11.5 Å². The fourth-order valence-corrected chi connectivity index (χ4v) is 3.71. The van der Waals surface area contributed by atoms with Gasteiger partial charge >= 0.3 is 0 Å². The Balaban J connectivity index is 1.30. The van der Waals surface area contributed by atoms with E-state index in [1.807, 2.05) is 42.5 Å². The zero-order chi connectivity index (χ0) is 18.9. The summed E-state index contributed by atoms with van der Waals surface area (Å²) >= 11 is 1.39. The van der Waals surface area contributed by atoms with Crippen LogP contribution >= 0.6 is 11.3 Å². The predicted octanol–water partition coefficient (Wildman–Crippen LogP) is 5.07. The zero-order valence-corrected chi connectivity index (χ0v) is 15.4. The van der Waals surface area contributed by atoms with Crippen molar-refractivity contribution in [2.24, 2.45) is 0 Å². The number of aromatic nitrogens is 1. The number of amides is 1. The fraction of sp³-hybridized carbons (Fsp3) is 0.0476. The normalized spacial score (nSPS) is 12.1. The highest BCUT2D eigenvalue weighted by atomic mass is 32.1. The van der Waals surface area contributed by atoms with Crippen LogP contribution in [0.3, 0.4) is 0 Å². The first-order valence-electron chi connectivity index (χ1n) is 8.59. The number of anilines is 1. The van der Waals surface area contributed by atoms with Crippen LogP contribution in [0.1, 0.15) is 10.4 Å². The van der Waals surface area contributed by atoms with Gasteiger partial charge in [-0.15, -0.1) is 0 Å². The average Bonchev–Trinajstić information content (AvgIpc) is 3.32. The summed E-state index contributed by atoms with van der Waals surface area (Å²) in [4.78, 5) is 17.0. The van der Waals surface area contributed by atoms with E-state index in [2.05, 4.69) is 10.3 Å². The van der Waals surface area contributed by atoms with Crippen LogP contribution in [0, 0.1) is 0 Å². The van der Waals surface area contributed by atoms with Crippen LogP contribution in [0.4, 0.5) is 5.13 Å². The monoisotopic (exact) mass is 390 g/mol. The van der Waals surface area contributed by atoms with E-state index in [4.69, 9.17) is 14.2 Å². The van der Waals surface area contributed by atoms with E-state index >= 15 is 0 Å². The minimum Gasteiger partial charge on any atom is -0.457 e. The Morgan fingerprint density at radius 2 is 1.68 bits per heavy atom. The van der Waals surface area contributed by atoms with Gasteiger partial charge in [-0.3, -0.25) is 10.1 Å². The van der Waals surface area contributed by atoms with Crippen LogP contribution in [-0.4, -0.2) is 17.7 Å². The molecule has 0 atom stereocenters. The molecule has 0 saturated heterocycles. The van der Waals surface area contributed by atoms with Crippen molar-refractivity contribution in [3.05, 3.63) is 72.3 Å². The summed E-state index contributed by atoms with van der Waals surface area (Å²) in [6, 6.07) is 20.1. The molecular weight excluding hydrogens is 376 g/mol.